The van der Waals surface area contributed by atoms with Gasteiger partial charge in [-0.2, -0.15) is 0 Å². The fourth-order valence-corrected chi connectivity index (χ4v) is 5.12. The maximum Gasteiger partial charge on any atom is 0.269 e. The van der Waals surface area contributed by atoms with Crippen molar-refractivity contribution in [3.05, 3.63) is 62.7 Å². The molecule has 1 aromatic heterocycles. The molecular weight excluding hydrogens is 487 g/mol. The quantitative estimate of drug-likeness (QED) is 0.343. The summed E-state index contributed by atoms with van der Waals surface area (Å²) in [6.45, 7) is 6.21. The molecule has 1 aliphatic rings. The Balaban J connectivity index is 0.00000306. The molecule has 1 amide bonds. The van der Waals surface area contributed by atoms with Crippen molar-refractivity contribution in [2.45, 2.75) is 13.3 Å². The van der Waals surface area contributed by atoms with Gasteiger partial charge in [-0.3, -0.25) is 24.7 Å². The van der Waals surface area contributed by atoms with E-state index in [-0.39, 0.29) is 30.4 Å². The van der Waals surface area contributed by atoms with Crippen molar-refractivity contribution in [1.82, 2.24) is 9.88 Å². The number of nitrogens with zero attached hydrogens (tertiary/aromatic N) is 4. The van der Waals surface area contributed by atoms with Crippen molar-refractivity contribution in [3.8, 4) is 0 Å². The molecule has 0 atom stereocenters. The van der Waals surface area contributed by atoms with Crippen LogP contribution in [0.15, 0.2) is 36.4 Å². The Morgan fingerprint density at radius 1 is 1.27 bits per heavy atom. The first-order chi connectivity index (χ1) is 15.4. The Labute approximate surface area is 206 Å². The first-order valence-electron chi connectivity index (χ1n) is 10.3. The number of amides is 1. The molecule has 0 bridgehead atoms. The molecule has 8 nitrogen and oxygen atoms in total. The number of hydrogen-bond donors (Lipinski definition) is 0. The van der Waals surface area contributed by atoms with Crippen LogP contribution in [0, 0.1) is 17.0 Å². The highest BCUT2D eigenvalue weighted by Crippen LogP contribution is 2.33. The SMILES string of the molecule is Cc1cc(Cl)cc2sc(N(CCN3CCOCC3)C(=O)Cc3ccc([N+](=O)[O-])cc3)nc12.Cl. The highest BCUT2D eigenvalue weighted by atomic mass is 35.5. The summed E-state index contributed by atoms with van der Waals surface area (Å²) in [5, 5.41) is 12.2. The summed E-state index contributed by atoms with van der Waals surface area (Å²) >= 11 is 7.65. The fraction of sp³-hybridized carbons (Fsp3) is 0.364. The lowest BCUT2D eigenvalue weighted by molar-refractivity contribution is -0.384. The number of nitro groups is 1. The molecule has 0 unspecified atom stereocenters. The van der Waals surface area contributed by atoms with Gasteiger partial charge in [-0.1, -0.05) is 35.1 Å². The lowest BCUT2D eigenvalue weighted by Gasteiger charge is -2.29. The summed E-state index contributed by atoms with van der Waals surface area (Å²) in [6.07, 6.45) is 0.136. The van der Waals surface area contributed by atoms with Crippen LogP contribution in [-0.4, -0.2) is 60.1 Å². The predicted molar refractivity (Wildman–Crippen MR) is 133 cm³/mol. The molecule has 176 valence electrons. The summed E-state index contributed by atoms with van der Waals surface area (Å²) in [7, 11) is 0. The highest BCUT2D eigenvalue weighted by Gasteiger charge is 2.22. The summed E-state index contributed by atoms with van der Waals surface area (Å²) in [5.41, 5.74) is 2.53. The topological polar surface area (TPSA) is 88.8 Å². The van der Waals surface area contributed by atoms with E-state index in [1.807, 2.05) is 19.1 Å². The van der Waals surface area contributed by atoms with Gasteiger partial charge < -0.3 is 4.74 Å². The van der Waals surface area contributed by atoms with E-state index in [1.165, 1.54) is 23.5 Å². The number of aromatic nitrogens is 1. The zero-order chi connectivity index (χ0) is 22.7. The van der Waals surface area contributed by atoms with Crippen LogP contribution in [0.4, 0.5) is 10.8 Å². The number of hydrogen-bond acceptors (Lipinski definition) is 7. The number of morpholine rings is 1. The lowest BCUT2D eigenvalue weighted by Crippen LogP contribution is -2.43. The van der Waals surface area contributed by atoms with Crippen LogP contribution in [0.25, 0.3) is 10.2 Å². The minimum absolute atomic E-state index is 0. The minimum Gasteiger partial charge on any atom is -0.379 e. The number of carbonyl (C=O) groups excluding carboxylic acids is 1. The maximum atomic E-state index is 13.3. The highest BCUT2D eigenvalue weighted by molar-refractivity contribution is 7.22. The molecule has 0 radical (unpaired) electrons. The molecule has 2 aromatic carbocycles. The van der Waals surface area contributed by atoms with Crippen molar-refractivity contribution < 1.29 is 14.5 Å². The van der Waals surface area contributed by atoms with Gasteiger partial charge in [-0.15, -0.1) is 12.4 Å². The van der Waals surface area contributed by atoms with Crippen LogP contribution in [-0.2, 0) is 16.0 Å². The van der Waals surface area contributed by atoms with Crippen LogP contribution in [0.5, 0.6) is 0 Å². The molecule has 3 aromatic rings. The number of nitro benzene ring substituents is 1. The first kappa shape index (κ1) is 25.3. The zero-order valence-electron chi connectivity index (χ0n) is 18.0. The number of aryl methyl sites for hydroxylation is 1. The number of non-ortho nitro benzene ring substituents is 1. The molecule has 11 heteroatoms. The van der Waals surface area contributed by atoms with Gasteiger partial charge in [0.05, 0.1) is 34.8 Å². The zero-order valence-corrected chi connectivity index (χ0v) is 20.4. The lowest BCUT2D eigenvalue weighted by atomic mass is 10.1. The number of carbonyl (C=O) groups is 1. The van der Waals surface area contributed by atoms with Crippen molar-refractivity contribution in [2.24, 2.45) is 0 Å². The average Bonchev–Trinajstić information content (AvgIpc) is 3.19. The van der Waals surface area contributed by atoms with Gasteiger partial charge in [0.1, 0.15) is 0 Å². The number of ether oxygens (including phenoxy) is 1. The number of anilines is 1. The number of thiazole rings is 1. The molecule has 0 spiro atoms. The molecule has 2 heterocycles. The Kier molecular flexibility index (Phi) is 8.61. The van der Waals surface area contributed by atoms with Crippen molar-refractivity contribution in [2.75, 3.05) is 44.3 Å². The third-order valence-electron chi connectivity index (χ3n) is 5.42. The Morgan fingerprint density at radius 2 is 1.97 bits per heavy atom. The van der Waals surface area contributed by atoms with E-state index in [4.69, 9.17) is 21.3 Å². The second kappa shape index (κ2) is 11.2. The van der Waals surface area contributed by atoms with Gasteiger partial charge in [0.25, 0.3) is 5.69 Å². The second-order valence-electron chi connectivity index (χ2n) is 7.67. The third kappa shape index (κ3) is 6.18. The van der Waals surface area contributed by atoms with Gasteiger partial charge in [-0.25, -0.2) is 4.98 Å². The van der Waals surface area contributed by atoms with Gasteiger partial charge in [-0.05, 0) is 30.2 Å². The number of fused-ring (bicyclic) bond motifs is 1. The van der Waals surface area contributed by atoms with Crippen LogP contribution in [0.1, 0.15) is 11.1 Å². The Hall–Kier alpha value is -2.30. The van der Waals surface area contributed by atoms with Gasteiger partial charge in [0.2, 0.25) is 5.91 Å². The molecule has 1 fully saturated rings. The molecule has 0 saturated carbocycles. The first-order valence-corrected chi connectivity index (χ1v) is 11.5. The van der Waals surface area contributed by atoms with E-state index in [1.54, 1.807) is 17.0 Å². The molecule has 0 aliphatic carbocycles. The number of benzene rings is 2. The molecule has 1 saturated heterocycles. The van der Waals surface area contributed by atoms with Crippen LogP contribution in [0.3, 0.4) is 0 Å². The van der Waals surface area contributed by atoms with E-state index in [0.717, 1.165) is 34.4 Å². The normalized spacial score (nSPS) is 14.1. The van der Waals surface area contributed by atoms with Crippen molar-refractivity contribution >= 4 is 62.3 Å². The van der Waals surface area contributed by atoms with Gasteiger partial charge in [0, 0.05) is 43.3 Å². The summed E-state index contributed by atoms with van der Waals surface area (Å²) < 4.78 is 6.35. The standard InChI is InChI=1S/C22H23ClN4O4S.ClH/c1-15-12-17(23)14-19-21(15)24-22(32-19)26(7-6-25-8-10-31-11-9-25)20(28)13-16-2-4-18(5-3-16)27(29)30;/h2-5,12,14H,6-11,13H2,1H3;1H. The third-order valence-corrected chi connectivity index (χ3v) is 6.66. The molecule has 33 heavy (non-hydrogen) atoms. The van der Waals surface area contributed by atoms with Crippen molar-refractivity contribution in [1.29, 1.82) is 0 Å². The summed E-state index contributed by atoms with van der Waals surface area (Å²) in [6, 6.07) is 9.82. The van der Waals surface area contributed by atoms with Crippen LogP contribution < -0.4 is 4.90 Å². The average molecular weight is 511 g/mol. The van der Waals surface area contributed by atoms with E-state index in [9.17, 15) is 14.9 Å². The van der Waals surface area contributed by atoms with E-state index < -0.39 is 4.92 Å². The van der Waals surface area contributed by atoms with E-state index in [2.05, 4.69) is 4.90 Å². The molecule has 4 rings (SSSR count). The molecule has 0 N–H and O–H groups in total. The number of rotatable bonds is 7. The number of halogens is 2. The molecule has 1 aliphatic heterocycles. The van der Waals surface area contributed by atoms with Gasteiger partial charge >= 0.3 is 0 Å². The minimum atomic E-state index is -0.450. The second-order valence-corrected chi connectivity index (χ2v) is 9.11. The Bertz CT molecular complexity index is 1130. The molecular formula is C22H24Cl2N4O4S. The fourth-order valence-electron chi connectivity index (χ4n) is 3.66. The largest absolute Gasteiger partial charge is 0.379 e. The smallest absolute Gasteiger partial charge is 0.269 e. The van der Waals surface area contributed by atoms with E-state index >= 15 is 0 Å². The van der Waals surface area contributed by atoms with Crippen LogP contribution >= 0.6 is 35.3 Å². The predicted octanol–water partition coefficient (Wildman–Crippen LogP) is 4.50. The van der Waals surface area contributed by atoms with Crippen molar-refractivity contribution in [3.63, 3.8) is 0 Å². The van der Waals surface area contributed by atoms with Crippen LogP contribution in [0.2, 0.25) is 5.02 Å². The Morgan fingerprint density at radius 3 is 2.64 bits per heavy atom. The summed E-state index contributed by atoms with van der Waals surface area (Å²) in [4.78, 5) is 32.5. The summed E-state index contributed by atoms with van der Waals surface area (Å²) in [5.74, 6) is -0.102. The van der Waals surface area contributed by atoms with Gasteiger partial charge in [0.15, 0.2) is 5.13 Å². The maximum absolute atomic E-state index is 13.3. The monoisotopic (exact) mass is 510 g/mol. The van der Waals surface area contributed by atoms with E-state index in [0.29, 0.717) is 36.5 Å².